The maximum atomic E-state index is 2.35. The molecule has 0 spiro atoms. The van der Waals surface area contributed by atoms with Gasteiger partial charge in [0, 0.05) is 0 Å². The average molecular weight is 308 g/mol. The van der Waals surface area contributed by atoms with E-state index in [-0.39, 0.29) is 5.41 Å². The lowest BCUT2D eigenvalue weighted by atomic mass is 9.65. The lowest BCUT2D eigenvalue weighted by molar-refractivity contribution is 0.744. The third kappa shape index (κ3) is 2.32. The second kappa shape index (κ2) is 6.33. The first kappa shape index (κ1) is 14.7. The van der Waals surface area contributed by atoms with Crippen molar-refractivity contribution in [2.75, 3.05) is 0 Å². The van der Waals surface area contributed by atoms with E-state index >= 15 is 0 Å². The Morgan fingerprint density at radius 1 is 0.542 bits per heavy atom. The monoisotopic (exact) mass is 308 g/mol. The lowest BCUT2D eigenvalue weighted by Crippen LogP contribution is -2.31. The Morgan fingerprint density at radius 2 is 0.958 bits per heavy atom. The Balaban J connectivity index is 2.09. The molecule has 0 aliphatic heterocycles. The second-order valence-electron chi connectivity index (χ2n) is 6.15. The van der Waals surface area contributed by atoms with E-state index in [4.69, 9.17) is 0 Å². The predicted molar refractivity (Wildman–Crippen MR) is 101 cm³/mol. The highest BCUT2D eigenvalue weighted by Crippen LogP contribution is 2.46. The highest BCUT2D eigenvalue weighted by Gasteiger charge is 2.39. The van der Waals surface area contributed by atoms with Crippen LogP contribution in [-0.2, 0) is 5.41 Å². The van der Waals surface area contributed by atoms with Crippen molar-refractivity contribution in [3.8, 4) is 0 Å². The van der Waals surface area contributed by atoms with Gasteiger partial charge in [0.05, 0.1) is 5.41 Å². The van der Waals surface area contributed by atoms with Gasteiger partial charge >= 0.3 is 0 Å². The first-order valence-electron chi connectivity index (χ1n) is 8.46. The second-order valence-corrected chi connectivity index (χ2v) is 6.15. The molecule has 3 aromatic carbocycles. The van der Waals surface area contributed by atoms with E-state index in [0.717, 1.165) is 6.42 Å². The van der Waals surface area contributed by atoms with Crippen LogP contribution in [-0.4, -0.2) is 0 Å². The van der Waals surface area contributed by atoms with Crippen molar-refractivity contribution in [1.82, 2.24) is 0 Å². The molecule has 0 bridgehead atoms. The molecule has 24 heavy (non-hydrogen) atoms. The molecule has 1 aliphatic carbocycles. The van der Waals surface area contributed by atoms with Crippen molar-refractivity contribution in [2.45, 2.75) is 11.8 Å². The molecule has 0 fully saturated rings. The largest absolute Gasteiger partial charge is 0.0804 e. The maximum Gasteiger partial charge on any atom is 0.0698 e. The van der Waals surface area contributed by atoms with Crippen molar-refractivity contribution in [2.24, 2.45) is 0 Å². The summed E-state index contributed by atoms with van der Waals surface area (Å²) in [5.41, 5.74) is 5.00. The van der Waals surface area contributed by atoms with Crippen LogP contribution in [0.3, 0.4) is 0 Å². The van der Waals surface area contributed by atoms with E-state index in [0.29, 0.717) is 0 Å². The molecule has 116 valence electrons. The van der Waals surface area contributed by atoms with Gasteiger partial charge in [0.15, 0.2) is 0 Å². The van der Waals surface area contributed by atoms with Crippen LogP contribution in [0.25, 0.3) is 0 Å². The van der Waals surface area contributed by atoms with E-state index < -0.39 is 0 Å². The van der Waals surface area contributed by atoms with Crippen LogP contribution in [0, 0.1) is 0 Å². The van der Waals surface area contributed by atoms with Gasteiger partial charge in [-0.15, -0.1) is 0 Å². The normalized spacial score (nSPS) is 13.8. The fraction of sp³-hybridized carbons (Fsp3) is 0.0833. The topological polar surface area (TPSA) is 0 Å². The summed E-state index contributed by atoms with van der Waals surface area (Å²) >= 11 is 0. The SMILES string of the molecule is C1=CC(C(c2ccccc2)(c2ccccc2)c2ccccc2)=CC1. The van der Waals surface area contributed by atoms with E-state index in [2.05, 4.69) is 109 Å². The summed E-state index contributed by atoms with van der Waals surface area (Å²) < 4.78 is 0. The van der Waals surface area contributed by atoms with Crippen molar-refractivity contribution in [3.63, 3.8) is 0 Å². The first-order valence-corrected chi connectivity index (χ1v) is 8.46. The average Bonchev–Trinajstić information content (AvgIpc) is 3.20. The lowest BCUT2D eigenvalue weighted by Gasteiger charge is -2.37. The molecule has 0 saturated carbocycles. The zero-order valence-corrected chi connectivity index (χ0v) is 13.6. The standard InChI is InChI=1S/C24H20/c1-4-12-20(13-5-1)24(23-18-10-11-19-23,21-14-6-2-7-15-21)22-16-8-3-9-17-22/h1-10,12-19H,11H2. The molecule has 4 rings (SSSR count). The number of benzene rings is 3. The van der Waals surface area contributed by atoms with Crippen molar-refractivity contribution in [3.05, 3.63) is 131 Å². The van der Waals surface area contributed by atoms with Crippen LogP contribution in [0.4, 0.5) is 0 Å². The molecule has 3 aromatic rings. The smallest absolute Gasteiger partial charge is 0.0698 e. The summed E-state index contributed by atoms with van der Waals surface area (Å²) in [5.74, 6) is 0. The molecule has 0 atom stereocenters. The Kier molecular flexibility index (Phi) is 3.88. The first-order chi connectivity index (χ1) is 11.9. The molecular formula is C24H20. The van der Waals surface area contributed by atoms with Gasteiger partial charge in [-0.25, -0.2) is 0 Å². The van der Waals surface area contributed by atoms with E-state index in [1.165, 1.54) is 22.3 Å². The van der Waals surface area contributed by atoms with E-state index in [1.54, 1.807) is 0 Å². The zero-order valence-electron chi connectivity index (χ0n) is 13.6. The number of allylic oxidation sites excluding steroid dienone is 4. The molecule has 0 nitrogen and oxygen atoms in total. The van der Waals surface area contributed by atoms with Gasteiger partial charge in [-0.2, -0.15) is 0 Å². The summed E-state index contributed by atoms with van der Waals surface area (Å²) in [6, 6.07) is 32.5. The highest BCUT2D eigenvalue weighted by atomic mass is 14.4. The van der Waals surface area contributed by atoms with Gasteiger partial charge in [0.25, 0.3) is 0 Å². The van der Waals surface area contributed by atoms with Crippen molar-refractivity contribution >= 4 is 0 Å². The molecule has 0 saturated heterocycles. The number of rotatable bonds is 4. The summed E-state index contributed by atoms with van der Waals surface area (Å²) in [6.45, 7) is 0. The summed E-state index contributed by atoms with van der Waals surface area (Å²) in [4.78, 5) is 0. The van der Waals surface area contributed by atoms with Gasteiger partial charge in [-0.1, -0.05) is 109 Å². The van der Waals surface area contributed by atoms with Crippen LogP contribution >= 0.6 is 0 Å². The third-order valence-corrected chi connectivity index (χ3v) is 4.82. The summed E-state index contributed by atoms with van der Waals surface area (Å²) in [5, 5.41) is 0. The van der Waals surface area contributed by atoms with Crippen LogP contribution in [0.1, 0.15) is 23.1 Å². The highest BCUT2D eigenvalue weighted by molar-refractivity contribution is 5.62. The van der Waals surface area contributed by atoms with Gasteiger partial charge in [-0.05, 0) is 28.7 Å². The number of hydrogen-bond donors (Lipinski definition) is 0. The Morgan fingerprint density at radius 3 is 1.29 bits per heavy atom. The molecule has 0 N–H and O–H groups in total. The van der Waals surface area contributed by atoms with Gasteiger partial charge in [0.2, 0.25) is 0 Å². The predicted octanol–water partition coefficient (Wildman–Crippen LogP) is 5.91. The van der Waals surface area contributed by atoms with Crippen LogP contribution in [0.2, 0.25) is 0 Å². The molecular weight excluding hydrogens is 288 g/mol. The minimum atomic E-state index is -0.267. The summed E-state index contributed by atoms with van der Waals surface area (Å²) in [6.07, 6.45) is 7.89. The third-order valence-electron chi connectivity index (χ3n) is 4.82. The minimum Gasteiger partial charge on any atom is -0.0804 e. The van der Waals surface area contributed by atoms with E-state index in [1.807, 2.05) is 0 Å². The molecule has 1 aliphatic rings. The maximum absolute atomic E-state index is 2.35. The van der Waals surface area contributed by atoms with Crippen LogP contribution in [0.15, 0.2) is 115 Å². The van der Waals surface area contributed by atoms with Gasteiger partial charge in [-0.3, -0.25) is 0 Å². The summed E-state index contributed by atoms with van der Waals surface area (Å²) in [7, 11) is 0. The van der Waals surface area contributed by atoms with Crippen molar-refractivity contribution < 1.29 is 0 Å². The van der Waals surface area contributed by atoms with Gasteiger partial charge < -0.3 is 0 Å². The fourth-order valence-corrected chi connectivity index (χ4v) is 3.80. The molecule has 0 radical (unpaired) electrons. The molecule has 0 heterocycles. The van der Waals surface area contributed by atoms with Gasteiger partial charge in [0.1, 0.15) is 0 Å². The van der Waals surface area contributed by atoms with Crippen molar-refractivity contribution in [1.29, 1.82) is 0 Å². The molecule has 0 heteroatoms. The minimum absolute atomic E-state index is 0.267. The molecule has 0 amide bonds. The number of hydrogen-bond acceptors (Lipinski definition) is 0. The Hall–Kier alpha value is -2.86. The molecule has 0 unspecified atom stereocenters. The Labute approximate surface area is 143 Å². The molecule has 0 aromatic heterocycles. The fourth-order valence-electron chi connectivity index (χ4n) is 3.80. The van der Waals surface area contributed by atoms with Crippen LogP contribution < -0.4 is 0 Å². The Bertz CT molecular complexity index is 759. The quantitative estimate of drug-likeness (QED) is 0.526. The van der Waals surface area contributed by atoms with E-state index in [9.17, 15) is 0 Å². The zero-order chi connectivity index (χ0) is 16.2. The van der Waals surface area contributed by atoms with Crippen LogP contribution in [0.5, 0.6) is 0 Å².